The minimum atomic E-state index is -4.19. The van der Waals surface area contributed by atoms with Crippen LogP contribution in [0, 0.1) is 0 Å². The number of phenolic OH excluding ortho intramolecular Hbond substituents is 1. The van der Waals surface area contributed by atoms with Gasteiger partial charge in [-0.1, -0.05) is 6.07 Å². The van der Waals surface area contributed by atoms with Crippen molar-refractivity contribution in [2.75, 3.05) is 0 Å². The van der Waals surface area contributed by atoms with E-state index in [1.54, 1.807) is 0 Å². The molecule has 64 valence electrons. The summed E-state index contributed by atoms with van der Waals surface area (Å²) in [7, 11) is -4.19. The molecule has 0 heterocycles. The van der Waals surface area contributed by atoms with Crippen LogP contribution in [0.4, 0.5) is 0 Å². The quantitative estimate of drug-likeness (QED) is 0.552. The second-order valence-electron chi connectivity index (χ2n) is 1.97. The molecule has 0 aliphatic heterocycles. The van der Waals surface area contributed by atoms with Crippen LogP contribution in [0.1, 0.15) is 0 Å². The number of hydrogen-bond acceptors (Lipinski definition) is 3. The molecule has 1 aromatic rings. The summed E-state index contributed by atoms with van der Waals surface area (Å²) in [5, 5.41) is 8.80. The maximum absolute atomic E-state index is 10.4. The van der Waals surface area contributed by atoms with E-state index in [0.29, 0.717) is 0 Å². The molecule has 0 atom stereocenters. The third-order valence-electron chi connectivity index (χ3n) is 1.12. The third kappa shape index (κ3) is 3.48. The zero-order valence-electron chi connectivity index (χ0n) is 5.43. The predicted octanol–water partition coefficient (Wildman–Crippen LogP) is -0.277. The van der Waals surface area contributed by atoms with Crippen LogP contribution in [0.2, 0.25) is 0 Å². The van der Waals surface area contributed by atoms with Gasteiger partial charge in [-0.25, -0.2) is 0 Å². The Kier molecular flexibility index (Phi) is 4.85. The van der Waals surface area contributed by atoms with Crippen molar-refractivity contribution in [2.45, 2.75) is 4.90 Å². The zero-order chi connectivity index (χ0) is 8.48. The molecule has 0 bridgehead atoms. The zero-order valence-corrected chi connectivity index (χ0v) is 6.25. The molecule has 0 aliphatic rings. The molecule has 0 spiro atoms. The monoisotopic (exact) mass is 314 g/mol. The van der Waals surface area contributed by atoms with Crippen molar-refractivity contribution in [3.8, 4) is 5.75 Å². The fourth-order valence-corrected chi connectivity index (χ4v) is 1.16. The number of benzene rings is 1. The van der Waals surface area contributed by atoms with Gasteiger partial charge in [0.05, 0.1) is 4.90 Å². The standard InChI is InChI=1S/C6H6O4S.Ba.2H/c7-5-2-1-3-6(4-5)11(8,9)10;;;/h1-4,7H,(H,8,9,10);;;. The van der Waals surface area contributed by atoms with Crippen molar-refractivity contribution < 1.29 is 18.1 Å². The first-order chi connectivity index (χ1) is 5.00. The van der Waals surface area contributed by atoms with E-state index in [-0.39, 0.29) is 59.5 Å². The van der Waals surface area contributed by atoms with Crippen molar-refractivity contribution >= 4 is 59.0 Å². The van der Waals surface area contributed by atoms with Crippen LogP contribution in [0.15, 0.2) is 29.2 Å². The van der Waals surface area contributed by atoms with Gasteiger partial charge in [-0.2, -0.15) is 8.42 Å². The normalized spacial score (nSPS) is 10.4. The van der Waals surface area contributed by atoms with Crippen LogP contribution >= 0.6 is 0 Å². The van der Waals surface area contributed by atoms with Gasteiger partial charge in [0.15, 0.2) is 0 Å². The number of phenols is 1. The Morgan fingerprint density at radius 1 is 1.25 bits per heavy atom. The molecular weight excluding hydrogens is 305 g/mol. The van der Waals surface area contributed by atoms with E-state index in [1.807, 2.05) is 0 Å². The first-order valence-corrected chi connectivity index (χ1v) is 4.21. The molecule has 0 aliphatic carbocycles. The van der Waals surface area contributed by atoms with E-state index in [2.05, 4.69) is 0 Å². The molecule has 0 saturated heterocycles. The molecule has 0 fully saturated rings. The number of rotatable bonds is 1. The molecule has 4 nitrogen and oxygen atoms in total. The molecule has 0 saturated carbocycles. The topological polar surface area (TPSA) is 74.6 Å². The molecule has 1 rings (SSSR count). The molecule has 0 radical (unpaired) electrons. The van der Waals surface area contributed by atoms with E-state index < -0.39 is 10.1 Å². The maximum atomic E-state index is 10.4. The Morgan fingerprint density at radius 3 is 2.17 bits per heavy atom. The van der Waals surface area contributed by atoms with E-state index >= 15 is 0 Å². The Hall–Kier alpha value is 0.501. The second-order valence-corrected chi connectivity index (χ2v) is 3.39. The van der Waals surface area contributed by atoms with Crippen LogP contribution in [-0.4, -0.2) is 67.0 Å². The summed E-state index contributed by atoms with van der Waals surface area (Å²) in [4.78, 5) is -0.308. The number of hydrogen-bond donors (Lipinski definition) is 2. The summed E-state index contributed by atoms with van der Waals surface area (Å²) >= 11 is 0. The second kappa shape index (κ2) is 4.66. The predicted molar refractivity (Wildman–Crippen MR) is 46.5 cm³/mol. The fraction of sp³-hybridized carbons (Fsp3) is 0. The van der Waals surface area contributed by atoms with Gasteiger partial charge >= 0.3 is 48.9 Å². The van der Waals surface area contributed by atoms with Crippen LogP contribution in [0.3, 0.4) is 0 Å². The van der Waals surface area contributed by atoms with Crippen LogP contribution in [0.5, 0.6) is 5.75 Å². The summed E-state index contributed by atoms with van der Waals surface area (Å²) < 4.78 is 29.3. The van der Waals surface area contributed by atoms with E-state index in [4.69, 9.17) is 9.66 Å². The fourth-order valence-electron chi connectivity index (χ4n) is 0.644. The summed E-state index contributed by atoms with van der Waals surface area (Å²) in [5.74, 6) is -0.194. The molecule has 0 unspecified atom stereocenters. The van der Waals surface area contributed by atoms with Gasteiger partial charge in [-0.05, 0) is 12.1 Å². The van der Waals surface area contributed by atoms with Gasteiger partial charge in [-0.3, -0.25) is 4.55 Å². The average Bonchev–Trinajstić information content (AvgIpc) is 1.86. The SMILES string of the molecule is O=S(=O)(O)c1cccc(O)c1.[BaH2]. The van der Waals surface area contributed by atoms with Crippen molar-refractivity contribution in [1.82, 2.24) is 0 Å². The van der Waals surface area contributed by atoms with Crippen molar-refractivity contribution in [2.24, 2.45) is 0 Å². The molecule has 6 heteroatoms. The third-order valence-corrected chi connectivity index (χ3v) is 1.97. The molecule has 1 aromatic carbocycles. The van der Waals surface area contributed by atoms with Crippen LogP contribution in [-0.2, 0) is 10.1 Å². The van der Waals surface area contributed by atoms with Gasteiger partial charge in [-0.15, -0.1) is 0 Å². The van der Waals surface area contributed by atoms with Gasteiger partial charge < -0.3 is 5.11 Å². The van der Waals surface area contributed by atoms with Crippen molar-refractivity contribution in [3.05, 3.63) is 24.3 Å². The van der Waals surface area contributed by atoms with Crippen LogP contribution in [0.25, 0.3) is 0 Å². The van der Waals surface area contributed by atoms with E-state index in [0.717, 1.165) is 6.07 Å². The Balaban J connectivity index is 0.00000121. The first-order valence-electron chi connectivity index (χ1n) is 2.77. The summed E-state index contributed by atoms with van der Waals surface area (Å²) in [5.41, 5.74) is 0. The Morgan fingerprint density at radius 2 is 1.83 bits per heavy atom. The van der Waals surface area contributed by atoms with E-state index in [9.17, 15) is 8.42 Å². The molecule has 0 aromatic heterocycles. The Labute approximate surface area is 110 Å². The van der Waals surface area contributed by atoms with Gasteiger partial charge in [0.1, 0.15) is 5.75 Å². The minimum absolute atomic E-state index is 0. The molecule has 2 N–H and O–H groups in total. The molecule has 12 heavy (non-hydrogen) atoms. The van der Waals surface area contributed by atoms with E-state index in [1.165, 1.54) is 18.2 Å². The average molecular weight is 314 g/mol. The molecular formula is C6H8BaO4S. The van der Waals surface area contributed by atoms with Crippen molar-refractivity contribution in [3.63, 3.8) is 0 Å². The first kappa shape index (κ1) is 12.5. The van der Waals surface area contributed by atoms with Crippen LogP contribution < -0.4 is 0 Å². The number of aromatic hydroxyl groups is 1. The van der Waals surface area contributed by atoms with Gasteiger partial charge in [0.25, 0.3) is 10.1 Å². The Bertz CT molecular complexity index is 360. The summed E-state index contributed by atoms with van der Waals surface area (Å²) in [6.45, 7) is 0. The molecule has 0 amide bonds. The van der Waals surface area contributed by atoms with Gasteiger partial charge in [0, 0.05) is 6.07 Å². The van der Waals surface area contributed by atoms with Crippen molar-refractivity contribution in [1.29, 1.82) is 0 Å². The summed E-state index contributed by atoms with van der Waals surface area (Å²) in [6.07, 6.45) is 0. The summed E-state index contributed by atoms with van der Waals surface area (Å²) in [6, 6.07) is 4.80. The van der Waals surface area contributed by atoms with Gasteiger partial charge in [0.2, 0.25) is 0 Å².